The molecule has 1 atom stereocenters. The summed E-state index contributed by atoms with van der Waals surface area (Å²) in [6.45, 7) is 4.41. The van der Waals surface area contributed by atoms with Crippen molar-refractivity contribution in [1.82, 2.24) is 24.6 Å². The Hall–Kier alpha value is -2.70. The third-order valence-electron chi connectivity index (χ3n) is 5.80. The molecule has 2 fully saturated rings. The number of carbonyl (C=O) groups excluding carboxylic acids is 2. The van der Waals surface area contributed by atoms with Gasteiger partial charge in [-0.2, -0.15) is 5.10 Å². The van der Waals surface area contributed by atoms with Crippen LogP contribution in [0.3, 0.4) is 0 Å². The maximum atomic E-state index is 13.2. The lowest BCUT2D eigenvalue weighted by Crippen LogP contribution is -2.50. The Bertz CT molecular complexity index is 877. The number of nitrogens with zero attached hydrogens (tertiary/aromatic N) is 5. The van der Waals surface area contributed by atoms with Crippen molar-refractivity contribution in [2.45, 2.75) is 32.7 Å². The first kappa shape index (κ1) is 17.7. The number of aromatic nitrogens is 3. The Balaban J connectivity index is 1.49. The lowest BCUT2D eigenvalue weighted by Gasteiger charge is -2.39. The summed E-state index contributed by atoms with van der Waals surface area (Å²) in [6, 6.07) is 7.63. The van der Waals surface area contributed by atoms with E-state index in [-0.39, 0.29) is 11.8 Å². The maximum absolute atomic E-state index is 13.2. The van der Waals surface area contributed by atoms with Crippen molar-refractivity contribution in [3.8, 4) is 0 Å². The standard InChI is InChI=1S/C20H25N5O2/c1-15-5-3-6-16(22-15)13-24-12-9-20(19(24)27)8-4-11-25(14-20)18(26)17-7-10-21-23(17)2/h3,5-7,10H,4,8-9,11-14H2,1-2H3/t20-/m1/s1. The number of amides is 2. The van der Waals surface area contributed by atoms with Crippen LogP contribution in [0.1, 0.15) is 41.1 Å². The van der Waals surface area contributed by atoms with E-state index >= 15 is 0 Å². The molecule has 4 heterocycles. The van der Waals surface area contributed by atoms with Gasteiger partial charge in [0.05, 0.1) is 17.7 Å². The van der Waals surface area contributed by atoms with Gasteiger partial charge in [0.2, 0.25) is 5.91 Å². The van der Waals surface area contributed by atoms with Crippen molar-refractivity contribution >= 4 is 11.8 Å². The van der Waals surface area contributed by atoms with E-state index in [2.05, 4.69) is 10.1 Å². The van der Waals surface area contributed by atoms with Gasteiger partial charge < -0.3 is 9.80 Å². The molecule has 2 amide bonds. The number of hydrogen-bond donors (Lipinski definition) is 0. The van der Waals surface area contributed by atoms with Crippen LogP contribution in [-0.4, -0.2) is 56.0 Å². The van der Waals surface area contributed by atoms with Crippen molar-refractivity contribution in [1.29, 1.82) is 0 Å². The molecule has 2 saturated heterocycles. The van der Waals surface area contributed by atoms with Gasteiger partial charge in [-0.3, -0.25) is 19.3 Å². The highest BCUT2D eigenvalue weighted by Gasteiger charge is 2.49. The molecule has 27 heavy (non-hydrogen) atoms. The van der Waals surface area contributed by atoms with Gasteiger partial charge in [-0.05, 0) is 44.4 Å². The fourth-order valence-electron chi connectivity index (χ4n) is 4.36. The molecule has 0 radical (unpaired) electrons. The van der Waals surface area contributed by atoms with Crippen LogP contribution in [0.15, 0.2) is 30.5 Å². The SMILES string of the molecule is Cc1cccc(CN2CC[C@@]3(CCCN(C(=O)c4ccnn4C)C3)C2=O)n1. The molecule has 4 rings (SSSR count). The molecule has 0 bridgehead atoms. The van der Waals surface area contributed by atoms with Crippen molar-refractivity contribution in [2.75, 3.05) is 19.6 Å². The van der Waals surface area contributed by atoms with Crippen molar-refractivity contribution in [3.05, 3.63) is 47.5 Å². The van der Waals surface area contributed by atoms with Gasteiger partial charge in [-0.15, -0.1) is 0 Å². The highest BCUT2D eigenvalue weighted by molar-refractivity contribution is 5.93. The molecular formula is C20H25N5O2. The quantitative estimate of drug-likeness (QED) is 0.829. The van der Waals surface area contributed by atoms with Gasteiger partial charge in [0.25, 0.3) is 5.91 Å². The largest absolute Gasteiger partial charge is 0.336 e. The van der Waals surface area contributed by atoms with Crippen molar-refractivity contribution in [3.63, 3.8) is 0 Å². The van der Waals surface area contributed by atoms with Crippen molar-refractivity contribution in [2.24, 2.45) is 12.5 Å². The number of rotatable bonds is 3. The lowest BCUT2D eigenvalue weighted by molar-refractivity contribution is -0.138. The fourth-order valence-corrected chi connectivity index (χ4v) is 4.36. The number of piperidine rings is 1. The van der Waals surface area contributed by atoms with Gasteiger partial charge in [-0.1, -0.05) is 6.07 Å². The highest BCUT2D eigenvalue weighted by atomic mass is 16.2. The summed E-state index contributed by atoms with van der Waals surface area (Å²) in [7, 11) is 1.77. The Morgan fingerprint density at radius 3 is 2.81 bits per heavy atom. The van der Waals surface area contributed by atoms with Crippen LogP contribution in [0, 0.1) is 12.3 Å². The Morgan fingerprint density at radius 1 is 1.22 bits per heavy atom. The zero-order valence-electron chi connectivity index (χ0n) is 15.9. The molecule has 0 aliphatic carbocycles. The summed E-state index contributed by atoms with van der Waals surface area (Å²) < 4.78 is 1.59. The predicted octanol–water partition coefficient (Wildman–Crippen LogP) is 1.78. The molecule has 2 aliphatic rings. The Morgan fingerprint density at radius 2 is 2.07 bits per heavy atom. The fraction of sp³-hybridized carbons (Fsp3) is 0.500. The molecule has 0 aromatic carbocycles. The first-order valence-corrected chi connectivity index (χ1v) is 9.48. The van der Waals surface area contributed by atoms with E-state index in [1.165, 1.54) is 0 Å². The van der Waals surface area contributed by atoms with Crippen LogP contribution < -0.4 is 0 Å². The van der Waals surface area contributed by atoms with Crippen LogP contribution in [-0.2, 0) is 18.4 Å². The van der Waals surface area contributed by atoms with E-state index in [4.69, 9.17) is 0 Å². The van der Waals surface area contributed by atoms with E-state index in [1.54, 1.807) is 24.0 Å². The van der Waals surface area contributed by atoms with Gasteiger partial charge in [0.1, 0.15) is 5.69 Å². The smallest absolute Gasteiger partial charge is 0.272 e. The Kier molecular flexibility index (Phi) is 4.45. The van der Waals surface area contributed by atoms with Crippen LogP contribution >= 0.6 is 0 Å². The van der Waals surface area contributed by atoms with Crippen LogP contribution in [0.4, 0.5) is 0 Å². The summed E-state index contributed by atoms with van der Waals surface area (Å²) in [5.74, 6) is 0.119. The first-order chi connectivity index (χ1) is 13.0. The van der Waals surface area contributed by atoms with Gasteiger partial charge in [0.15, 0.2) is 0 Å². The minimum absolute atomic E-state index is 0.0410. The summed E-state index contributed by atoms with van der Waals surface area (Å²) >= 11 is 0. The molecule has 0 unspecified atom stereocenters. The van der Waals surface area contributed by atoms with Gasteiger partial charge in [-0.25, -0.2) is 0 Å². The minimum Gasteiger partial charge on any atom is -0.336 e. The van der Waals surface area contributed by atoms with E-state index in [1.807, 2.05) is 34.9 Å². The average molecular weight is 367 g/mol. The highest BCUT2D eigenvalue weighted by Crippen LogP contribution is 2.40. The molecule has 142 valence electrons. The third-order valence-corrected chi connectivity index (χ3v) is 5.80. The van der Waals surface area contributed by atoms with Crippen LogP contribution in [0.25, 0.3) is 0 Å². The first-order valence-electron chi connectivity index (χ1n) is 9.48. The molecule has 2 aromatic heterocycles. The molecule has 0 saturated carbocycles. The molecule has 2 aliphatic heterocycles. The van der Waals surface area contributed by atoms with Gasteiger partial charge in [0, 0.05) is 38.6 Å². The molecular weight excluding hydrogens is 342 g/mol. The summed E-state index contributed by atoms with van der Waals surface area (Å²) in [5.41, 5.74) is 1.99. The number of likely N-dealkylation sites (tertiary alicyclic amines) is 2. The van der Waals surface area contributed by atoms with Gasteiger partial charge >= 0.3 is 0 Å². The second kappa shape index (κ2) is 6.79. The van der Waals surface area contributed by atoms with Crippen LogP contribution in [0.5, 0.6) is 0 Å². The zero-order valence-corrected chi connectivity index (χ0v) is 15.9. The number of hydrogen-bond acceptors (Lipinski definition) is 4. The number of carbonyl (C=O) groups is 2. The molecule has 2 aromatic rings. The molecule has 0 N–H and O–H groups in total. The van der Waals surface area contributed by atoms with Crippen molar-refractivity contribution < 1.29 is 9.59 Å². The molecule has 7 nitrogen and oxygen atoms in total. The lowest BCUT2D eigenvalue weighted by atomic mass is 9.78. The minimum atomic E-state index is -0.448. The molecule has 7 heteroatoms. The van der Waals surface area contributed by atoms with E-state index in [0.29, 0.717) is 25.3 Å². The average Bonchev–Trinajstić information content (AvgIpc) is 3.21. The van der Waals surface area contributed by atoms with E-state index in [0.717, 1.165) is 37.2 Å². The summed E-state index contributed by atoms with van der Waals surface area (Å²) in [6.07, 6.45) is 4.13. The third kappa shape index (κ3) is 3.22. The number of pyridine rings is 1. The predicted molar refractivity (Wildman–Crippen MR) is 99.8 cm³/mol. The summed E-state index contributed by atoms with van der Waals surface area (Å²) in [5, 5.41) is 4.09. The van der Waals surface area contributed by atoms with Crippen LogP contribution in [0.2, 0.25) is 0 Å². The number of aryl methyl sites for hydroxylation is 2. The van der Waals surface area contributed by atoms with E-state index in [9.17, 15) is 9.59 Å². The molecule has 1 spiro atoms. The normalized spacial score (nSPS) is 22.7. The monoisotopic (exact) mass is 367 g/mol. The summed E-state index contributed by atoms with van der Waals surface area (Å²) in [4.78, 5) is 34.4. The Labute approximate surface area is 159 Å². The maximum Gasteiger partial charge on any atom is 0.272 e. The second-order valence-electron chi connectivity index (χ2n) is 7.70. The van der Waals surface area contributed by atoms with E-state index < -0.39 is 5.41 Å². The zero-order chi connectivity index (χ0) is 19.0. The second-order valence-corrected chi connectivity index (χ2v) is 7.70. The topological polar surface area (TPSA) is 71.3 Å².